The maximum atomic E-state index is 13.9. The molecule has 0 atom stereocenters. The first-order chi connectivity index (χ1) is 24.7. The predicted molar refractivity (Wildman–Crippen MR) is 190 cm³/mol. The molecule has 1 saturated heterocycles. The number of anilines is 2. The first kappa shape index (κ1) is 37.2. The van der Waals surface area contributed by atoms with Gasteiger partial charge >= 0.3 is 12.1 Å². The van der Waals surface area contributed by atoms with Gasteiger partial charge in [0.15, 0.2) is 11.5 Å². The maximum Gasteiger partial charge on any atom is 0.433 e. The number of aromatic nitrogens is 6. The summed E-state index contributed by atoms with van der Waals surface area (Å²) in [6, 6.07) is 4.22. The zero-order valence-corrected chi connectivity index (χ0v) is 30.3. The molecule has 0 spiro atoms. The molecule has 0 aromatic carbocycles. The van der Waals surface area contributed by atoms with Crippen LogP contribution in [0.5, 0.6) is 5.88 Å². The lowest BCUT2D eigenvalue weighted by molar-refractivity contribution is -0.141. The van der Waals surface area contributed by atoms with E-state index in [4.69, 9.17) is 34.5 Å². The van der Waals surface area contributed by atoms with Crippen molar-refractivity contribution in [3.8, 4) is 28.7 Å². The number of halogens is 3. The number of hydrogen-bond donors (Lipinski definition) is 2. The Morgan fingerprint density at radius 3 is 2.46 bits per heavy atom. The lowest BCUT2D eigenvalue weighted by atomic mass is 9.86. The standard InChI is InChI=1S/C36H46F3N9O4/c1-6-52-29-16-23(15-27(43-29)36(37,38)39)24-17-26(46(4)21-35(22-51-5)10-7-8-11-35)31-33(42-24)45-32(44-31)25-18-41-28(19-40-25)47-13-14-48(12-9-30(49)50)34(2,3)20-47/h15-19H,6-14,20-22H2,1-5H3,(H,49,50)(H,42,44,45). The van der Waals surface area contributed by atoms with Crippen LogP contribution in [0.25, 0.3) is 33.9 Å². The second-order valence-corrected chi connectivity index (χ2v) is 14.4. The Labute approximate surface area is 300 Å². The molecular formula is C36H46F3N9O4. The molecule has 0 radical (unpaired) electrons. The van der Waals surface area contributed by atoms with Gasteiger partial charge in [-0.1, -0.05) is 12.8 Å². The van der Waals surface area contributed by atoms with E-state index < -0.39 is 17.8 Å². The number of aromatic amines is 1. The van der Waals surface area contributed by atoms with Gasteiger partial charge in [0, 0.05) is 69.5 Å². The third-order valence-corrected chi connectivity index (χ3v) is 10.1. The summed E-state index contributed by atoms with van der Waals surface area (Å²) in [5, 5.41) is 9.15. The molecule has 6 rings (SSSR count). The highest BCUT2D eigenvalue weighted by molar-refractivity contribution is 5.91. The van der Waals surface area contributed by atoms with E-state index in [0.717, 1.165) is 37.4 Å². The van der Waals surface area contributed by atoms with Crippen LogP contribution in [0, 0.1) is 5.41 Å². The molecule has 0 bridgehead atoms. The second-order valence-electron chi connectivity index (χ2n) is 14.4. The Kier molecular flexibility index (Phi) is 10.6. The van der Waals surface area contributed by atoms with Gasteiger partial charge in [-0.15, -0.1) is 0 Å². The van der Waals surface area contributed by atoms with E-state index in [0.29, 0.717) is 73.5 Å². The number of carboxylic acids is 1. The molecule has 4 aromatic heterocycles. The highest BCUT2D eigenvalue weighted by atomic mass is 19.4. The topological polar surface area (TPSA) is 146 Å². The summed E-state index contributed by atoms with van der Waals surface area (Å²) >= 11 is 0. The molecular weight excluding hydrogens is 679 g/mol. The highest BCUT2D eigenvalue weighted by Crippen LogP contribution is 2.41. The summed E-state index contributed by atoms with van der Waals surface area (Å²) in [4.78, 5) is 43.6. The van der Waals surface area contributed by atoms with Gasteiger partial charge in [0.25, 0.3) is 0 Å². The molecule has 5 heterocycles. The number of nitrogens with zero attached hydrogens (tertiary/aromatic N) is 8. The van der Waals surface area contributed by atoms with Crippen LogP contribution in [-0.4, -0.2) is 112 Å². The van der Waals surface area contributed by atoms with E-state index in [9.17, 15) is 18.0 Å². The van der Waals surface area contributed by atoms with Crippen molar-refractivity contribution in [1.82, 2.24) is 34.8 Å². The minimum Gasteiger partial charge on any atom is -0.481 e. The summed E-state index contributed by atoms with van der Waals surface area (Å²) in [6.45, 7) is 9.76. The Balaban J connectivity index is 1.36. The van der Waals surface area contributed by atoms with Crippen LogP contribution in [-0.2, 0) is 15.7 Å². The van der Waals surface area contributed by atoms with Gasteiger partial charge < -0.3 is 29.4 Å². The number of ether oxygens (including phenoxy) is 2. The molecule has 13 nitrogen and oxygen atoms in total. The van der Waals surface area contributed by atoms with Crippen LogP contribution in [0.15, 0.2) is 30.6 Å². The minimum atomic E-state index is -4.69. The number of imidazole rings is 1. The Morgan fingerprint density at radius 2 is 1.83 bits per heavy atom. The summed E-state index contributed by atoms with van der Waals surface area (Å²) in [5.41, 5.74) is 1.22. The zero-order chi connectivity index (χ0) is 37.3. The number of piperazine rings is 1. The lowest BCUT2D eigenvalue weighted by Crippen LogP contribution is -2.59. The predicted octanol–water partition coefficient (Wildman–Crippen LogP) is 5.91. The van der Waals surface area contributed by atoms with Crippen LogP contribution < -0.4 is 14.5 Å². The van der Waals surface area contributed by atoms with Crippen LogP contribution in [0.1, 0.15) is 58.6 Å². The Morgan fingerprint density at radius 1 is 1.06 bits per heavy atom. The van der Waals surface area contributed by atoms with E-state index in [1.807, 2.05) is 7.05 Å². The van der Waals surface area contributed by atoms with Gasteiger partial charge in [-0.2, -0.15) is 13.2 Å². The van der Waals surface area contributed by atoms with E-state index in [1.165, 1.54) is 6.07 Å². The third-order valence-electron chi connectivity index (χ3n) is 10.1. The quantitative estimate of drug-likeness (QED) is 0.169. The van der Waals surface area contributed by atoms with E-state index in [-0.39, 0.29) is 35.4 Å². The van der Waals surface area contributed by atoms with Crippen LogP contribution in [0.4, 0.5) is 24.7 Å². The van der Waals surface area contributed by atoms with Crippen LogP contribution in [0.2, 0.25) is 0 Å². The number of fused-ring (bicyclic) bond motifs is 1. The Hall–Kier alpha value is -4.57. The van der Waals surface area contributed by atoms with Crippen molar-refractivity contribution < 1.29 is 32.5 Å². The monoisotopic (exact) mass is 725 g/mol. The van der Waals surface area contributed by atoms with Crippen molar-refractivity contribution in [2.24, 2.45) is 5.41 Å². The van der Waals surface area contributed by atoms with E-state index in [1.54, 1.807) is 32.5 Å². The molecule has 1 saturated carbocycles. The maximum absolute atomic E-state index is 13.9. The van der Waals surface area contributed by atoms with Gasteiger partial charge in [-0.25, -0.2) is 24.9 Å². The van der Waals surface area contributed by atoms with E-state index in [2.05, 4.69) is 38.5 Å². The fourth-order valence-electron chi connectivity index (χ4n) is 7.57. The van der Waals surface area contributed by atoms with Crippen LogP contribution in [0.3, 0.4) is 0 Å². The zero-order valence-electron chi connectivity index (χ0n) is 30.3. The molecule has 1 aliphatic carbocycles. The molecule has 0 unspecified atom stereocenters. The van der Waals surface area contributed by atoms with Gasteiger partial charge in [-0.05, 0) is 45.7 Å². The van der Waals surface area contributed by atoms with Crippen molar-refractivity contribution in [3.63, 3.8) is 0 Å². The number of methoxy groups -OCH3 is 1. The van der Waals surface area contributed by atoms with Gasteiger partial charge in [0.2, 0.25) is 5.88 Å². The number of rotatable bonds is 13. The molecule has 16 heteroatoms. The molecule has 2 aliphatic rings. The number of carboxylic acid groups (broad SMARTS) is 1. The van der Waals surface area contributed by atoms with Crippen molar-refractivity contribution in [1.29, 1.82) is 0 Å². The molecule has 1 aliphatic heterocycles. The number of pyridine rings is 2. The van der Waals surface area contributed by atoms with Crippen molar-refractivity contribution in [2.75, 3.05) is 69.9 Å². The number of hydrogen-bond acceptors (Lipinski definition) is 11. The molecule has 280 valence electrons. The van der Waals surface area contributed by atoms with E-state index >= 15 is 0 Å². The molecule has 0 amide bonds. The SMILES string of the molecule is CCOc1cc(-c2cc(N(C)CC3(COC)CCCC3)c3[nH]c(-c4cnc(N5CCN(CCC(=O)O)C(C)(C)C5)cn4)nc3n2)cc(C(F)(F)F)n1. The lowest BCUT2D eigenvalue weighted by Gasteiger charge is -2.47. The average Bonchev–Trinajstić information content (AvgIpc) is 3.74. The smallest absolute Gasteiger partial charge is 0.433 e. The third kappa shape index (κ3) is 8.07. The van der Waals surface area contributed by atoms with Crippen molar-refractivity contribution in [2.45, 2.75) is 64.6 Å². The highest BCUT2D eigenvalue weighted by Gasteiger charge is 2.37. The number of nitrogens with one attached hydrogen (secondary N) is 1. The second kappa shape index (κ2) is 14.8. The van der Waals surface area contributed by atoms with Crippen LogP contribution >= 0.6 is 0 Å². The molecule has 2 N–H and O–H groups in total. The summed E-state index contributed by atoms with van der Waals surface area (Å²) in [7, 11) is 3.67. The normalized spacial score (nSPS) is 17.5. The summed E-state index contributed by atoms with van der Waals surface area (Å²) in [6.07, 6.45) is 2.95. The van der Waals surface area contributed by atoms with Crippen molar-refractivity contribution >= 4 is 28.6 Å². The minimum absolute atomic E-state index is 0.0675. The van der Waals surface area contributed by atoms with Gasteiger partial charge in [0.1, 0.15) is 22.7 Å². The fourth-order valence-corrected chi connectivity index (χ4v) is 7.57. The largest absolute Gasteiger partial charge is 0.481 e. The summed E-state index contributed by atoms with van der Waals surface area (Å²) < 4.78 is 52.9. The fraction of sp³-hybridized carbons (Fsp3) is 0.556. The molecule has 52 heavy (non-hydrogen) atoms. The first-order valence-electron chi connectivity index (χ1n) is 17.6. The Bertz CT molecular complexity index is 1880. The number of carbonyl (C=O) groups is 1. The number of alkyl halides is 3. The van der Waals surface area contributed by atoms with Crippen molar-refractivity contribution in [3.05, 3.63) is 36.3 Å². The molecule has 4 aromatic rings. The number of aliphatic carboxylic acids is 1. The van der Waals surface area contributed by atoms with Gasteiger partial charge in [-0.3, -0.25) is 9.69 Å². The average molecular weight is 726 g/mol. The molecule has 2 fully saturated rings. The first-order valence-corrected chi connectivity index (χ1v) is 17.6. The van der Waals surface area contributed by atoms with Gasteiger partial charge in [0.05, 0.1) is 43.4 Å². The summed E-state index contributed by atoms with van der Waals surface area (Å²) in [5.74, 6) is 0.149. The number of H-pyrrole nitrogens is 1.